The quantitative estimate of drug-likeness (QED) is 0.165. The molecule has 1 aliphatic heterocycles. The highest BCUT2D eigenvalue weighted by Gasteiger charge is 2.33. The monoisotopic (exact) mass is 632 g/mol. The van der Waals surface area contributed by atoms with Crippen molar-refractivity contribution in [2.75, 3.05) is 23.3 Å². The fourth-order valence-corrected chi connectivity index (χ4v) is 6.58. The van der Waals surface area contributed by atoms with E-state index >= 15 is 0 Å². The molecule has 45 heavy (non-hydrogen) atoms. The van der Waals surface area contributed by atoms with Crippen molar-refractivity contribution in [3.05, 3.63) is 154 Å². The minimum Gasteiger partial charge on any atom is -0.372 e. The van der Waals surface area contributed by atoms with Gasteiger partial charge in [0.15, 0.2) is 5.78 Å². The van der Waals surface area contributed by atoms with Gasteiger partial charge in [0, 0.05) is 36.4 Å². The van der Waals surface area contributed by atoms with E-state index in [4.69, 9.17) is 23.2 Å². The number of hydrogen-bond donors (Lipinski definition) is 1. The van der Waals surface area contributed by atoms with Crippen LogP contribution in [0.2, 0.25) is 10.0 Å². The minimum absolute atomic E-state index is 0.0422. The number of rotatable bonds is 9. The van der Waals surface area contributed by atoms with Crippen molar-refractivity contribution in [1.29, 1.82) is 0 Å². The molecule has 1 fully saturated rings. The van der Waals surface area contributed by atoms with Crippen LogP contribution in [0.4, 0.5) is 11.4 Å². The molecule has 1 saturated heterocycles. The SMILES string of the molecule is O=C(Cc1ccc(N2CCC(C(C(=O)Nc3ccccc3)c3ccccc3)CC2)cc1)c1ccccc1-c1ccc(Cl)c(Cl)c1. The lowest BCUT2D eigenvalue weighted by Crippen LogP contribution is -2.38. The highest BCUT2D eigenvalue weighted by Crippen LogP contribution is 2.36. The second kappa shape index (κ2) is 14.2. The van der Waals surface area contributed by atoms with Gasteiger partial charge in [0.2, 0.25) is 5.91 Å². The molecule has 5 aromatic carbocycles. The van der Waals surface area contributed by atoms with Crippen LogP contribution in [0.5, 0.6) is 0 Å². The number of anilines is 2. The molecule has 6 heteroatoms. The van der Waals surface area contributed by atoms with Crippen molar-refractivity contribution in [1.82, 2.24) is 0 Å². The Kier molecular flexibility index (Phi) is 9.63. The van der Waals surface area contributed by atoms with Gasteiger partial charge in [-0.3, -0.25) is 9.59 Å². The molecule has 4 nitrogen and oxygen atoms in total. The van der Waals surface area contributed by atoms with Crippen molar-refractivity contribution >= 4 is 46.3 Å². The Labute approximate surface area is 274 Å². The third kappa shape index (κ3) is 7.30. The number of halogens is 2. The first-order valence-electron chi connectivity index (χ1n) is 15.3. The van der Waals surface area contributed by atoms with Gasteiger partial charge in [-0.25, -0.2) is 0 Å². The van der Waals surface area contributed by atoms with Crippen LogP contribution in [0.15, 0.2) is 127 Å². The van der Waals surface area contributed by atoms with Crippen molar-refractivity contribution in [3.63, 3.8) is 0 Å². The summed E-state index contributed by atoms with van der Waals surface area (Å²) < 4.78 is 0. The molecule has 0 saturated carbocycles. The van der Waals surface area contributed by atoms with Gasteiger partial charge in [-0.1, -0.05) is 114 Å². The number of carbonyl (C=O) groups is 2. The fourth-order valence-electron chi connectivity index (χ4n) is 6.28. The molecular formula is C39H34Cl2N2O2. The first-order valence-corrected chi connectivity index (χ1v) is 16.0. The zero-order chi connectivity index (χ0) is 31.2. The molecule has 0 aliphatic carbocycles. The average Bonchev–Trinajstić information content (AvgIpc) is 3.08. The zero-order valence-electron chi connectivity index (χ0n) is 24.8. The number of para-hydroxylation sites is 1. The maximum atomic E-state index is 13.6. The average molecular weight is 634 g/mol. The molecule has 0 spiro atoms. The number of carbonyl (C=O) groups excluding carboxylic acids is 2. The number of piperidine rings is 1. The van der Waals surface area contributed by atoms with Gasteiger partial charge in [0.05, 0.1) is 16.0 Å². The van der Waals surface area contributed by atoms with Crippen LogP contribution < -0.4 is 10.2 Å². The molecule has 0 bridgehead atoms. The fraction of sp³-hybridized carbons (Fsp3) is 0.179. The summed E-state index contributed by atoms with van der Waals surface area (Å²) in [5.74, 6) is 0.111. The summed E-state index contributed by atoms with van der Waals surface area (Å²) in [6.07, 6.45) is 2.12. The maximum absolute atomic E-state index is 13.6. The summed E-state index contributed by atoms with van der Waals surface area (Å²) in [5, 5.41) is 4.08. The number of ketones is 1. The van der Waals surface area contributed by atoms with Gasteiger partial charge < -0.3 is 10.2 Å². The van der Waals surface area contributed by atoms with Crippen LogP contribution in [-0.4, -0.2) is 24.8 Å². The summed E-state index contributed by atoms with van der Waals surface area (Å²) >= 11 is 12.4. The van der Waals surface area contributed by atoms with Crippen LogP contribution in [0, 0.1) is 5.92 Å². The Hall–Kier alpha value is -4.38. The number of benzene rings is 5. The third-order valence-corrected chi connectivity index (χ3v) is 9.36. The molecule has 1 unspecified atom stereocenters. The minimum atomic E-state index is -0.214. The second-order valence-corrected chi connectivity index (χ2v) is 12.3. The van der Waals surface area contributed by atoms with E-state index in [-0.39, 0.29) is 23.5 Å². The zero-order valence-corrected chi connectivity index (χ0v) is 26.3. The van der Waals surface area contributed by atoms with Gasteiger partial charge in [-0.05, 0) is 77.4 Å². The maximum Gasteiger partial charge on any atom is 0.232 e. The third-order valence-electron chi connectivity index (χ3n) is 8.62. The van der Waals surface area contributed by atoms with E-state index in [2.05, 4.69) is 34.5 Å². The van der Waals surface area contributed by atoms with Crippen molar-refractivity contribution in [2.45, 2.75) is 25.2 Å². The topological polar surface area (TPSA) is 49.4 Å². The van der Waals surface area contributed by atoms with Crippen LogP contribution in [0.3, 0.4) is 0 Å². The molecule has 1 amide bonds. The van der Waals surface area contributed by atoms with E-state index in [1.165, 1.54) is 0 Å². The normalized spacial score (nSPS) is 14.1. The number of nitrogens with one attached hydrogen (secondary N) is 1. The molecule has 226 valence electrons. The Morgan fingerprint density at radius 1 is 0.733 bits per heavy atom. The van der Waals surface area contributed by atoms with E-state index in [1.807, 2.05) is 91.0 Å². The summed E-state index contributed by atoms with van der Waals surface area (Å²) in [6.45, 7) is 1.73. The smallest absolute Gasteiger partial charge is 0.232 e. The Morgan fingerprint density at radius 2 is 1.38 bits per heavy atom. The van der Waals surface area contributed by atoms with Gasteiger partial charge in [0.25, 0.3) is 0 Å². The number of amides is 1. The van der Waals surface area contributed by atoms with Crippen molar-refractivity contribution < 1.29 is 9.59 Å². The summed E-state index contributed by atoms with van der Waals surface area (Å²) in [7, 11) is 0. The number of Topliss-reactive ketones (excluding diaryl/α,β-unsaturated/α-hetero) is 1. The molecule has 1 atom stereocenters. The molecule has 5 aromatic rings. The highest BCUT2D eigenvalue weighted by atomic mass is 35.5. The highest BCUT2D eigenvalue weighted by molar-refractivity contribution is 6.42. The lowest BCUT2D eigenvalue weighted by molar-refractivity contribution is -0.118. The van der Waals surface area contributed by atoms with Crippen LogP contribution >= 0.6 is 23.2 Å². The molecule has 1 N–H and O–H groups in total. The van der Waals surface area contributed by atoms with E-state index < -0.39 is 0 Å². The lowest BCUT2D eigenvalue weighted by Gasteiger charge is -2.37. The predicted molar refractivity (Wildman–Crippen MR) is 186 cm³/mol. The first-order chi connectivity index (χ1) is 22.0. The molecule has 0 radical (unpaired) electrons. The van der Waals surface area contributed by atoms with Crippen molar-refractivity contribution in [2.24, 2.45) is 5.92 Å². The van der Waals surface area contributed by atoms with E-state index in [9.17, 15) is 9.59 Å². The standard InChI is InChI=1S/C39H34Cl2N2O2/c40-35-20-17-30(26-36(35)41)33-13-7-8-14-34(33)37(44)25-27-15-18-32(19-16-27)43-23-21-29(22-24-43)38(28-9-3-1-4-10-28)39(45)42-31-11-5-2-6-12-31/h1-20,26,29,38H,21-25H2,(H,42,45). The van der Waals surface area contributed by atoms with E-state index in [1.54, 1.807) is 12.1 Å². The Morgan fingerprint density at radius 3 is 2.07 bits per heavy atom. The van der Waals surface area contributed by atoms with Crippen LogP contribution in [0.25, 0.3) is 11.1 Å². The molecule has 0 aromatic heterocycles. The van der Waals surface area contributed by atoms with Crippen LogP contribution in [-0.2, 0) is 11.2 Å². The number of hydrogen-bond acceptors (Lipinski definition) is 3. The lowest BCUT2D eigenvalue weighted by atomic mass is 9.79. The van der Waals surface area contributed by atoms with Crippen molar-refractivity contribution in [3.8, 4) is 11.1 Å². The van der Waals surface area contributed by atoms with E-state index in [0.717, 1.165) is 59.6 Å². The predicted octanol–water partition coefficient (Wildman–Crippen LogP) is 9.72. The van der Waals surface area contributed by atoms with Gasteiger partial charge in [0.1, 0.15) is 0 Å². The van der Waals surface area contributed by atoms with Gasteiger partial charge in [-0.2, -0.15) is 0 Å². The Bertz CT molecular complexity index is 1770. The molecule has 6 rings (SSSR count). The number of nitrogens with zero attached hydrogens (tertiary/aromatic N) is 1. The molecule has 1 aliphatic rings. The molecule has 1 heterocycles. The summed E-state index contributed by atoms with van der Waals surface area (Å²) in [5.41, 5.74) is 6.32. The Balaban J connectivity index is 1.11. The van der Waals surface area contributed by atoms with Gasteiger partial charge in [-0.15, -0.1) is 0 Å². The first kappa shape index (κ1) is 30.6. The summed E-state index contributed by atoms with van der Waals surface area (Å²) in [4.78, 5) is 29.4. The molecular weight excluding hydrogens is 599 g/mol. The largest absolute Gasteiger partial charge is 0.372 e. The summed E-state index contributed by atoms with van der Waals surface area (Å²) in [6, 6.07) is 41.1. The second-order valence-electron chi connectivity index (χ2n) is 11.5. The van der Waals surface area contributed by atoms with Crippen LogP contribution in [0.1, 0.15) is 40.2 Å². The van der Waals surface area contributed by atoms with Gasteiger partial charge >= 0.3 is 0 Å². The van der Waals surface area contributed by atoms with E-state index in [0.29, 0.717) is 22.0 Å².